The van der Waals surface area contributed by atoms with Crippen molar-refractivity contribution in [2.45, 2.75) is 57.7 Å². The summed E-state index contributed by atoms with van der Waals surface area (Å²) < 4.78 is 49.6. The fourth-order valence-corrected chi connectivity index (χ4v) is 6.63. The van der Waals surface area contributed by atoms with Crippen LogP contribution in [0.3, 0.4) is 0 Å². The number of aromatic nitrogens is 3. The van der Waals surface area contributed by atoms with Crippen molar-refractivity contribution in [2.24, 2.45) is 0 Å². The molecule has 1 aliphatic heterocycles. The Morgan fingerprint density at radius 2 is 1.74 bits per heavy atom. The average molecular weight is 747 g/mol. The molecule has 7 rings (SSSR count). The maximum Gasteiger partial charge on any atom is 0.417 e. The fourth-order valence-electron chi connectivity index (χ4n) is 6.16. The molecule has 5 aromatic rings. The molecule has 13 heteroatoms. The second kappa shape index (κ2) is 13.3. The van der Waals surface area contributed by atoms with Gasteiger partial charge >= 0.3 is 11.9 Å². The van der Waals surface area contributed by atoms with Crippen LogP contribution in [-0.4, -0.2) is 43.0 Å². The van der Waals surface area contributed by atoms with E-state index in [0.717, 1.165) is 35.7 Å². The minimum Gasteiger partial charge on any atom is -0.490 e. The maximum atomic E-state index is 14.2. The molecule has 0 saturated heterocycles. The van der Waals surface area contributed by atoms with E-state index in [2.05, 4.69) is 26.2 Å². The first-order valence-corrected chi connectivity index (χ1v) is 16.9. The van der Waals surface area contributed by atoms with Crippen molar-refractivity contribution in [2.75, 3.05) is 0 Å². The summed E-state index contributed by atoms with van der Waals surface area (Å²) in [4.78, 5) is 47.9. The molecule has 2 aromatic heterocycles. The van der Waals surface area contributed by atoms with Gasteiger partial charge in [0, 0.05) is 40.9 Å². The molecule has 1 N–H and O–H groups in total. The van der Waals surface area contributed by atoms with E-state index in [1.54, 1.807) is 37.4 Å². The number of amides is 2. The van der Waals surface area contributed by atoms with E-state index >= 15 is 0 Å². The fraction of sp³-hybridized carbons (Fsp3) is 0.243. The Bertz CT molecular complexity index is 2140. The van der Waals surface area contributed by atoms with Gasteiger partial charge in [-0.3, -0.25) is 23.7 Å². The number of benzene rings is 3. The largest absolute Gasteiger partial charge is 0.490 e. The van der Waals surface area contributed by atoms with Gasteiger partial charge in [0.15, 0.2) is 0 Å². The Hall–Kier alpha value is -5.17. The van der Waals surface area contributed by atoms with Crippen LogP contribution < -0.4 is 15.7 Å². The molecule has 1 fully saturated rings. The third-order valence-corrected chi connectivity index (χ3v) is 9.55. The van der Waals surface area contributed by atoms with Crippen LogP contribution in [0.4, 0.5) is 13.2 Å². The molecule has 50 heavy (non-hydrogen) atoms. The zero-order valence-electron chi connectivity index (χ0n) is 26.8. The van der Waals surface area contributed by atoms with Crippen molar-refractivity contribution < 1.29 is 27.5 Å². The second-order valence-electron chi connectivity index (χ2n) is 12.4. The lowest BCUT2D eigenvalue weighted by atomic mass is 10.0. The van der Waals surface area contributed by atoms with Gasteiger partial charge < -0.3 is 15.0 Å². The highest BCUT2D eigenvalue weighted by molar-refractivity contribution is 9.10. The number of imidazole rings is 1. The highest BCUT2D eigenvalue weighted by Crippen LogP contribution is 2.36. The van der Waals surface area contributed by atoms with Crippen LogP contribution in [0, 0.1) is 0 Å². The van der Waals surface area contributed by atoms with Gasteiger partial charge in [-0.25, -0.2) is 4.79 Å². The second-order valence-corrected chi connectivity index (χ2v) is 13.2. The SMILES string of the molecule is C[C@@H]1Cn2c(c(C(=O)NCc3ccccc3-c3ccccn3)n(-c3ccc(OC4CC4)cc3)c2=O)CN1C(=O)c1ccc(Br)c(C(F)(F)F)c1. The number of carbonyl (C=O) groups excluding carboxylic acids is 2. The first-order valence-electron chi connectivity index (χ1n) is 16.1. The van der Waals surface area contributed by atoms with E-state index < -0.39 is 35.3 Å². The summed E-state index contributed by atoms with van der Waals surface area (Å²) in [5.41, 5.74) is 1.46. The van der Waals surface area contributed by atoms with E-state index in [0.29, 0.717) is 11.4 Å². The van der Waals surface area contributed by atoms with Gasteiger partial charge in [0.2, 0.25) is 0 Å². The molecule has 0 bridgehead atoms. The van der Waals surface area contributed by atoms with Crippen LogP contribution >= 0.6 is 15.9 Å². The molecular weight excluding hydrogens is 715 g/mol. The molecule has 1 saturated carbocycles. The minimum atomic E-state index is -4.68. The summed E-state index contributed by atoms with van der Waals surface area (Å²) in [6.45, 7) is 1.67. The summed E-state index contributed by atoms with van der Waals surface area (Å²) in [5.74, 6) is -0.572. The van der Waals surface area contributed by atoms with Crippen molar-refractivity contribution in [3.63, 3.8) is 0 Å². The molecule has 2 amide bonds. The van der Waals surface area contributed by atoms with Crippen LogP contribution in [-0.2, 0) is 25.8 Å². The zero-order chi connectivity index (χ0) is 35.2. The Morgan fingerprint density at radius 1 is 1.00 bits per heavy atom. The summed E-state index contributed by atoms with van der Waals surface area (Å²) in [5, 5.41) is 2.96. The Labute approximate surface area is 293 Å². The molecule has 3 aromatic carbocycles. The molecule has 0 radical (unpaired) electrons. The molecule has 2 aliphatic rings. The minimum absolute atomic E-state index is 0.0256. The molecular formula is C37H31BrF3N5O4. The first kappa shape index (κ1) is 33.3. The van der Waals surface area contributed by atoms with Gasteiger partial charge in [0.05, 0.1) is 35.3 Å². The average Bonchev–Trinajstić information content (AvgIpc) is 3.89. The van der Waals surface area contributed by atoms with Gasteiger partial charge in [0.25, 0.3) is 11.8 Å². The number of pyridine rings is 1. The number of nitrogens with zero attached hydrogens (tertiary/aromatic N) is 4. The number of fused-ring (bicyclic) bond motifs is 1. The normalized spacial score (nSPS) is 15.8. The predicted molar refractivity (Wildman–Crippen MR) is 183 cm³/mol. The molecule has 1 aliphatic carbocycles. The van der Waals surface area contributed by atoms with E-state index in [-0.39, 0.29) is 47.2 Å². The number of halogens is 4. The summed E-state index contributed by atoms with van der Waals surface area (Å²) in [6, 6.07) is 22.7. The van der Waals surface area contributed by atoms with Crippen LogP contribution in [0.5, 0.6) is 5.75 Å². The number of carbonyl (C=O) groups is 2. The number of alkyl halides is 3. The van der Waals surface area contributed by atoms with Gasteiger partial charge in [-0.1, -0.05) is 46.3 Å². The van der Waals surface area contributed by atoms with E-state index in [4.69, 9.17) is 4.74 Å². The number of ether oxygens (including phenoxy) is 1. The van der Waals surface area contributed by atoms with E-state index in [1.165, 1.54) is 26.2 Å². The topological polar surface area (TPSA) is 98.5 Å². The zero-order valence-corrected chi connectivity index (χ0v) is 28.4. The van der Waals surface area contributed by atoms with Gasteiger partial charge in [-0.2, -0.15) is 13.2 Å². The first-order chi connectivity index (χ1) is 24.0. The van der Waals surface area contributed by atoms with Crippen molar-refractivity contribution in [3.05, 3.63) is 134 Å². The highest BCUT2D eigenvalue weighted by Gasteiger charge is 2.37. The Kier molecular flexibility index (Phi) is 8.85. The number of hydrogen-bond acceptors (Lipinski definition) is 5. The summed E-state index contributed by atoms with van der Waals surface area (Å²) in [6.07, 6.45) is -0.869. The molecule has 9 nitrogen and oxygen atoms in total. The van der Waals surface area contributed by atoms with Gasteiger partial charge in [-0.05, 0) is 79.9 Å². The molecule has 1 atom stereocenters. The lowest BCUT2D eigenvalue weighted by molar-refractivity contribution is -0.138. The third kappa shape index (κ3) is 6.57. The number of nitrogens with one attached hydrogen (secondary N) is 1. The van der Waals surface area contributed by atoms with E-state index in [9.17, 15) is 27.6 Å². The molecule has 256 valence electrons. The van der Waals surface area contributed by atoms with Crippen LogP contribution in [0.2, 0.25) is 0 Å². The van der Waals surface area contributed by atoms with E-state index in [1.807, 2.05) is 42.5 Å². The number of hydrogen-bond donors (Lipinski definition) is 1. The monoisotopic (exact) mass is 745 g/mol. The molecule has 0 spiro atoms. The summed E-state index contributed by atoms with van der Waals surface area (Å²) >= 11 is 2.93. The predicted octanol–water partition coefficient (Wildman–Crippen LogP) is 7.00. The highest BCUT2D eigenvalue weighted by atomic mass is 79.9. The standard InChI is InChI=1S/C37H31BrF3N5O4/c1-22-20-45-32(21-44(22)35(48)23-9-16-30(38)29(18-23)37(39,40)41)33(46(36(45)49)25-10-12-26(13-11-25)50-27-14-15-27)34(47)43-19-24-6-2-3-7-28(24)31-8-4-5-17-42-31/h2-13,16-18,22,27H,14-15,19-21H2,1H3,(H,43,47)/t22-/m1/s1. The third-order valence-electron chi connectivity index (χ3n) is 8.86. The Morgan fingerprint density at radius 3 is 2.44 bits per heavy atom. The van der Waals surface area contributed by atoms with Gasteiger partial charge in [-0.15, -0.1) is 0 Å². The van der Waals surface area contributed by atoms with Crippen molar-refractivity contribution in [3.8, 4) is 22.7 Å². The van der Waals surface area contributed by atoms with Crippen LogP contribution in [0.25, 0.3) is 16.9 Å². The molecule has 0 unspecified atom stereocenters. The summed E-state index contributed by atoms with van der Waals surface area (Å²) in [7, 11) is 0. The lowest BCUT2D eigenvalue weighted by Gasteiger charge is -2.34. The Balaban J connectivity index is 1.26. The smallest absolute Gasteiger partial charge is 0.417 e. The van der Waals surface area contributed by atoms with Gasteiger partial charge in [0.1, 0.15) is 11.4 Å². The van der Waals surface area contributed by atoms with Crippen molar-refractivity contribution in [1.29, 1.82) is 0 Å². The lowest BCUT2D eigenvalue weighted by Crippen LogP contribution is -2.47. The maximum absolute atomic E-state index is 14.2. The molecule has 3 heterocycles. The quantitative estimate of drug-likeness (QED) is 0.185. The number of rotatable bonds is 8. The van der Waals surface area contributed by atoms with Crippen LogP contribution in [0.15, 0.2) is 100 Å². The van der Waals surface area contributed by atoms with Crippen LogP contribution in [0.1, 0.15) is 57.4 Å². The van der Waals surface area contributed by atoms with Crippen molar-refractivity contribution >= 4 is 27.7 Å². The van der Waals surface area contributed by atoms with Crippen molar-refractivity contribution in [1.82, 2.24) is 24.3 Å².